The second kappa shape index (κ2) is 6.94. The predicted octanol–water partition coefficient (Wildman–Crippen LogP) is 2.23. The monoisotopic (exact) mass is 290 g/mol. The van der Waals surface area contributed by atoms with Gasteiger partial charge >= 0.3 is 0 Å². The largest absolute Gasteiger partial charge is 0.384 e. The van der Waals surface area contributed by atoms with Crippen LogP contribution in [0.4, 0.5) is 5.69 Å². The molecule has 0 heterocycles. The summed E-state index contributed by atoms with van der Waals surface area (Å²) in [5.74, 6) is 0.153. The minimum absolute atomic E-state index is 0.153. The summed E-state index contributed by atoms with van der Waals surface area (Å²) in [6.45, 7) is 1.22. The fourth-order valence-corrected chi connectivity index (χ4v) is 2.79. The molecule has 1 amide bonds. The Bertz CT molecular complexity index is 464. The van der Waals surface area contributed by atoms with Crippen molar-refractivity contribution < 1.29 is 9.53 Å². The van der Waals surface area contributed by atoms with Crippen LogP contribution in [0.15, 0.2) is 24.3 Å². The van der Waals surface area contributed by atoms with E-state index < -0.39 is 0 Å². The van der Waals surface area contributed by atoms with E-state index in [4.69, 9.17) is 4.74 Å². The first-order valence-corrected chi connectivity index (χ1v) is 7.61. The van der Waals surface area contributed by atoms with Gasteiger partial charge in [0.25, 0.3) is 0 Å². The third-order valence-electron chi connectivity index (χ3n) is 4.36. The van der Waals surface area contributed by atoms with Gasteiger partial charge in [-0.15, -0.1) is 0 Å². The number of nitrogens with zero attached hydrogens (tertiary/aromatic N) is 1. The molecule has 4 heteroatoms. The van der Waals surface area contributed by atoms with Crippen molar-refractivity contribution >= 4 is 11.6 Å². The molecule has 21 heavy (non-hydrogen) atoms. The van der Waals surface area contributed by atoms with Crippen LogP contribution in [0.1, 0.15) is 24.8 Å². The van der Waals surface area contributed by atoms with Crippen LogP contribution in [0.2, 0.25) is 0 Å². The summed E-state index contributed by atoms with van der Waals surface area (Å²) < 4.78 is 5.20. The van der Waals surface area contributed by atoms with E-state index in [2.05, 4.69) is 34.5 Å². The van der Waals surface area contributed by atoms with Crippen LogP contribution >= 0.6 is 0 Å². The fourth-order valence-electron chi connectivity index (χ4n) is 2.79. The zero-order chi connectivity index (χ0) is 15.3. The van der Waals surface area contributed by atoms with Crippen LogP contribution in [-0.4, -0.2) is 40.3 Å². The third-order valence-corrected chi connectivity index (χ3v) is 4.36. The van der Waals surface area contributed by atoms with Gasteiger partial charge in [0.1, 0.15) is 0 Å². The quantitative estimate of drug-likeness (QED) is 0.837. The molecule has 0 bridgehead atoms. The molecule has 0 aromatic heterocycles. The van der Waals surface area contributed by atoms with E-state index in [1.54, 1.807) is 7.11 Å². The molecule has 1 aromatic carbocycles. The number of amides is 1. The van der Waals surface area contributed by atoms with Gasteiger partial charge in [0.05, 0.1) is 12.0 Å². The molecule has 1 aliphatic rings. The lowest BCUT2D eigenvalue weighted by molar-refractivity contribution is -0.140. The van der Waals surface area contributed by atoms with E-state index in [1.807, 2.05) is 14.1 Å². The van der Waals surface area contributed by atoms with E-state index in [0.717, 1.165) is 25.7 Å². The van der Waals surface area contributed by atoms with Crippen molar-refractivity contribution in [2.45, 2.75) is 25.7 Å². The van der Waals surface area contributed by atoms with Gasteiger partial charge in [0.2, 0.25) is 5.91 Å². The summed E-state index contributed by atoms with van der Waals surface area (Å²) in [5.41, 5.74) is 2.18. The summed E-state index contributed by atoms with van der Waals surface area (Å²) in [5, 5.41) is 3.07. The normalized spacial score (nSPS) is 16.1. The van der Waals surface area contributed by atoms with Gasteiger partial charge in [-0.05, 0) is 37.0 Å². The van der Waals surface area contributed by atoms with Crippen molar-refractivity contribution in [3.8, 4) is 0 Å². The highest BCUT2D eigenvalue weighted by molar-refractivity contribution is 5.83. The number of ether oxygens (including phenoxy) is 1. The molecule has 4 nitrogen and oxygen atoms in total. The minimum Gasteiger partial charge on any atom is -0.384 e. The molecule has 1 aliphatic carbocycles. The Kier molecular flexibility index (Phi) is 5.23. The minimum atomic E-state index is -0.260. The van der Waals surface area contributed by atoms with Gasteiger partial charge in [-0.1, -0.05) is 18.6 Å². The zero-order valence-electron chi connectivity index (χ0n) is 13.3. The maximum Gasteiger partial charge on any atom is 0.228 e. The molecule has 2 rings (SSSR count). The summed E-state index contributed by atoms with van der Waals surface area (Å²) >= 11 is 0. The number of hydrogen-bond donors (Lipinski definition) is 1. The number of benzene rings is 1. The Morgan fingerprint density at radius 3 is 2.43 bits per heavy atom. The average Bonchev–Trinajstić information content (AvgIpc) is 2.43. The Labute approximate surface area is 127 Å². The number of rotatable bonds is 7. The topological polar surface area (TPSA) is 41.6 Å². The number of anilines is 1. The molecule has 1 N–H and O–H groups in total. The Morgan fingerprint density at radius 2 is 1.95 bits per heavy atom. The van der Waals surface area contributed by atoms with Crippen LogP contribution in [0.5, 0.6) is 0 Å². The Morgan fingerprint density at radius 1 is 1.29 bits per heavy atom. The standard InChI is InChI=1S/C17H26N2O2/c1-19(2)15-7-5-14(6-8-15)9-12-18-16(20)17(13-21-3)10-4-11-17/h5-8H,4,9-13H2,1-3H3,(H,18,20). The fraction of sp³-hybridized carbons (Fsp3) is 0.588. The number of carbonyl (C=O) groups excluding carboxylic acids is 1. The highest BCUT2D eigenvalue weighted by Crippen LogP contribution is 2.41. The maximum absolute atomic E-state index is 12.3. The van der Waals surface area contributed by atoms with Gasteiger partial charge in [0.15, 0.2) is 0 Å². The van der Waals surface area contributed by atoms with Crippen molar-refractivity contribution in [3.63, 3.8) is 0 Å². The lowest BCUT2D eigenvalue weighted by atomic mass is 9.68. The average molecular weight is 290 g/mol. The van der Waals surface area contributed by atoms with Crippen LogP contribution in [0.25, 0.3) is 0 Å². The number of nitrogens with one attached hydrogen (secondary N) is 1. The second-order valence-corrected chi connectivity index (χ2v) is 6.13. The molecule has 0 radical (unpaired) electrons. The first kappa shape index (κ1) is 15.8. The summed E-state index contributed by atoms with van der Waals surface area (Å²) in [4.78, 5) is 14.4. The van der Waals surface area contributed by atoms with E-state index in [9.17, 15) is 4.79 Å². The second-order valence-electron chi connectivity index (χ2n) is 6.13. The predicted molar refractivity (Wildman–Crippen MR) is 85.6 cm³/mol. The molecule has 1 fully saturated rings. The van der Waals surface area contributed by atoms with E-state index in [-0.39, 0.29) is 11.3 Å². The summed E-state index contributed by atoms with van der Waals surface area (Å²) in [7, 11) is 5.73. The first-order valence-electron chi connectivity index (χ1n) is 7.61. The molecular formula is C17H26N2O2. The van der Waals surface area contributed by atoms with E-state index in [0.29, 0.717) is 13.2 Å². The van der Waals surface area contributed by atoms with Crippen LogP contribution in [0.3, 0.4) is 0 Å². The van der Waals surface area contributed by atoms with Crippen LogP contribution < -0.4 is 10.2 Å². The van der Waals surface area contributed by atoms with Crippen molar-refractivity contribution in [2.75, 3.05) is 39.3 Å². The highest BCUT2D eigenvalue weighted by Gasteiger charge is 2.43. The Hall–Kier alpha value is -1.55. The summed E-state index contributed by atoms with van der Waals surface area (Å²) in [6.07, 6.45) is 3.89. The third kappa shape index (κ3) is 3.76. The smallest absolute Gasteiger partial charge is 0.228 e. The molecule has 0 unspecified atom stereocenters. The van der Waals surface area contributed by atoms with Crippen molar-refractivity contribution in [2.24, 2.45) is 5.41 Å². The molecule has 0 aliphatic heterocycles. The number of methoxy groups -OCH3 is 1. The first-order chi connectivity index (χ1) is 10.1. The number of hydrogen-bond acceptors (Lipinski definition) is 3. The van der Waals surface area contributed by atoms with Crippen molar-refractivity contribution in [1.82, 2.24) is 5.32 Å². The molecule has 0 spiro atoms. The zero-order valence-corrected chi connectivity index (χ0v) is 13.3. The number of carbonyl (C=O) groups is 1. The molecule has 0 saturated heterocycles. The van der Waals surface area contributed by atoms with Gasteiger partial charge in [0, 0.05) is 33.4 Å². The van der Waals surface area contributed by atoms with Crippen LogP contribution in [-0.2, 0) is 16.0 Å². The SMILES string of the molecule is COCC1(C(=O)NCCc2ccc(N(C)C)cc2)CCC1. The van der Waals surface area contributed by atoms with Crippen molar-refractivity contribution in [3.05, 3.63) is 29.8 Å². The summed E-state index contributed by atoms with van der Waals surface area (Å²) in [6, 6.07) is 8.45. The molecule has 1 aromatic rings. The van der Waals surface area contributed by atoms with Gasteiger partial charge in [-0.25, -0.2) is 0 Å². The highest BCUT2D eigenvalue weighted by atomic mass is 16.5. The maximum atomic E-state index is 12.3. The molecule has 116 valence electrons. The van der Waals surface area contributed by atoms with Crippen molar-refractivity contribution in [1.29, 1.82) is 0 Å². The lowest BCUT2D eigenvalue weighted by Crippen LogP contribution is -2.49. The van der Waals surface area contributed by atoms with Gasteiger partial charge in [-0.2, -0.15) is 0 Å². The van der Waals surface area contributed by atoms with E-state index in [1.165, 1.54) is 11.3 Å². The van der Waals surface area contributed by atoms with Crippen LogP contribution in [0, 0.1) is 5.41 Å². The lowest BCUT2D eigenvalue weighted by Gasteiger charge is -2.39. The molecular weight excluding hydrogens is 264 g/mol. The van der Waals surface area contributed by atoms with E-state index >= 15 is 0 Å². The van der Waals surface area contributed by atoms with Gasteiger partial charge < -0.3 is 15.0 Å². The Balaban J connectivity index is 1.79. The molecule has 1 saturated carbocycles. The molecule has 0 atom stereocenters. The van der Waals surface area contributed by atoms with Gasteiger partial charge in [-0.3, -0.25) is 4.79 Å².